The fraction of sp³-hybridized carbons (Fsp3) is 0.286. The lowest BCUT2D eigenvalue weighted by Gasteiger charge is -2.02. The van der Waals surface area contributed by atoms with Crippen molar-refractivity contribution in [3.8, 4) is 6.07 Å². The molecule has 0 saturated heterocycles. The topological polar surface area (TPSA) is 70.0 Å². The van der Waals surface area contributed by atoms with Crippen LogP contribution in [0.3, 0.4) is 0 Å². The SMILES string of the molecule is N#Cc1csc([C@H](N)CO)c1. The van der Waals surface area contributed by atoms with E-state index in [0.717, 1.165) is 4.88 Å². The van der Waals surface area contributed by atoms with Gasteiger partial charge in [0.05, 0.1) is 18.2 Å². The molecule has 1 rings (SSSR count). The Morgan fingerprint density at radius 2 is 2.55 bits per heavy atom. The fourth-order valence-corrected chi connectivity index (χ4v) is 1.52. The number of nitrogens with zero attached hydrogens (tertiary/aromatic N) is 1. The summed E-state index contributed by atoms with van der Waals surface area (Å²) in [4.78, 5) is 0.851. The molecule has 0 unspecified atom stereocenters. The van der Waals surface area contributed by atoms with Gasteiger partial charge in [0.2, 0.25) is 0 Å². The minimum Gasteiger partial charge on any atom is -0.394 e. The van der Waals surface area contributed by atoms with Gasteiger partial charge >= 0.3 is 0 Å². The number of aliphatic hydroxyl groups excluding tert-OH is 1. The molecule has 1 aromatic rings. The number of nitriles is 1. The predicted octanol–water partition coefficient (Wildman–Crippen LogP) is 0.612. The summed E-state index contributed by atoms with van der Waals surface area (Å²) in [6.07, 6.45) is 0. The number of nitrogens with two attached hydrogens (primary N) is 1. The third-order valence-corrected chi connectivity index (χ3v) is 2.38. The second-order valence-corrected chi connectivity index (χ2v) is 3.08. The minimum atomic E-state index is -0.345. The molecule has 0 fully saturated rings. The van der Waals surface area contributed by atoms with E-state index in [0.29, 0.717) is 5.56 Å². The summed E-state index contributed by atoms with van der Waals surface area (Å²) in [5, 5.41) is 18.9. The summed E-state index contributed by atoms with van der Waals surface area (Å²) in [5.41, 5.74) is 6.12. The Balaban J connectivity index is 2.82. The van der Waals surface area contributed by atoms with E-state index in [4.69, 9.17) is 16.1 Å². The van der Waals surface area contributed by atoms with Gasteiger partial charge in [-0.05, 0) is 6.07 Å². The lowest BCUT2D eigenvalue weighted by molar-refractivity contribution is 0.269. The lowest BCUT2D eigenvalue weighted by atomic mass is 10.2. The highest BCUT2D eigenvalue weighted by molar-refractivity contribution is 7.10. The van der Waals surface area contributed by atoms with Crippen molar-refractivity contribution in [2.75, 3.05) is 6.61 Å². The van der Waals surface area contributed by atoms with E-state index in [2.05, 4.69) is 0 Å². The smallest absolute Gasteiger partial charge is 0.100 e. The van der Waals surface area contributed by atoms with Crippen molar-refractivity contribution in [1.29, 1.82) is 5.26 Å². The predicted molar refractivity (Wildman–Crippen MR) is 43.0 cm³/mol. The molecular weight excluding hydrogens is 160 g/mol. The van der Waals surface area contributed by atoms with Gasteiger partial charge in [-0.3, -0.25) is 0 Å². The molecule has 0 aromatic carbocycles. The number of rotatable bonds is 2. The van der Waals surface area contributed by atoms with Crippen molar-refractivity contribution in [3.63, 3.8) is 0 Å². The fourth-order valence-electron chi connectivity index (χ4n) is 0.696. The maximum Gasteiger partial charge on any atom is 0.100 e. The molecule has 4 heteroatoms. The average molecular weight is 168 g/mol. The zero-order chi connectivity index (χ0) is 8.27. The molecule has 58 valence electrons. The first kappa shape index (κ1) is 8.21. The molecule has 0 aliphatic heterocycles. The van der Waals surface area contributed by atoms with Gasteiger partial charge in [-0.15, -0.1) is 11.3 Å². The molecule has 0 amide bonds. The highest BCUT2D eigenvalue weighted by atomic mass is 32.1. The van der Waals surface area contributed by atoms with E-state index in [-0.39, 0.29) is 12.6 Å². The quantitative estimate of drug-likeness (QED) is 0.679. The molecule has 3 nitrogen and oxygen atoms in total. The van der Waals surface area contributed by atoms with Gasteiger partial charge in [0, 0.05) is 10.3 Å². The van der Waals surface area contributed by atoms with Gasteiger partial charge in [-0.1, -0.05) is 0 Å². The number of hydrogen-bond donors (Lipinski definition) is 2. The molecular formula is C7H8N2OS. The van der Waals surface area contributed by atoms with Crippen LogP contribution in [0.2, 0.25) is 0 Å². The van der Waals surface area contributed by atoms with E-state index in [1.54, 1.807) is 11.4 Å². The Morgan fingerprint density at radius 1 is 1.82 bits per heavy atom. The highest BCUT2D eigenvalue weighted by Crippen LogP contribution is 2.19. The van der Waals surface area contributed by atoms with Gasteiger partial charge in [0.25, 0.3) is 0 Å². The summed E-state index contributed by atoms with van der Waals surface area (Å²) >= 11 is 1.40. The third-order valence-electron chi connectivity index (χ3n) is 1.31. The van der Waals surface area contributed by atoms with Crippen LogP contribution in [0.5, 0.6) is 0 Å². The van der Waals surface area contributed by atoms with Crippen LogP contribution in [0.4, 0.5) is 0 Å². The zero-order valence-corrected chi connectivity index (χ0v) is 6.64. The van der Waals surface area contributed by atoms with Gasteiger partial charge in [-0.25, -0.2) is 0 Å². The summed E-state index contributed by atoms with van der Waals surface area (Å²) in [7, 11) is 0. The van der Waals surface area contributed by atoms with Crippen LogP contribution in [-0.4, -0.2) is 11.7 Å². The van der Waals surface area contributed by atoms with Crippen LogP contribution in [-0.2, 0) is 0 Å². The van der Waals surface area contributed by atoms with E-state index in [9.17, 15) is 0 Å². The van der Waals surface area contributed by atoms with Crippen molar-refractivity contribution in [3.05, 3.63) is 21.9 Å². The van der Waals surface area contributed by atoms with Crippen LogP contribution in [0, 0.1) is 11.3 Å². The first-order valence-corrected chi connectivity index (χ1v) is 4.01. The molecule has 1 heterocycles. The lowest BCUT2D eigenvalue weighted by Crippen LogP contribution is -2.12. The Labute approximate surface area is 68.7 Å². The van der Waals surface area contributed by atoms with E-state index < -0.39 is 0 Å². The van der Waals surface area contributed by atoms with Crippen molar-refractivity contribution >= 4 is 11.3 Å². The van der Waals surface area contributed by atoms with Gasteiger partial charge < -0.3 is 10.8 Å². The molecule has 0 spiro atoms. The van der Waals surface area contributed by atoms with Crippen LogP contribution < -0.4 is 5.73 Å². The zero-order valence-electron chi connectivity index (χ0n) is 5.82. The number of thiophene rings is 1. The van der Waals surface area contributed by atoms with E-state index >= 15 is 0 Å². The summed E-state index contributed by atoms with van der Waals surface area (Å²) < 4.78 is 0. The molecule has 11 heavy (non-hydrogen) atoms. The van der Waals surface area contributed by atoms with Gasteiger partial charge in [0.15, 0.2) is 0 Å². The van der Waals surface area contributed by atoms with Crippen LogP contribution in [0.1, 0.15) is 16.5 Å². The number of hydrogen-bond acceptors (Lipinski definition) is 4. The van der Waals surface area contributed by atoms with E-state index in [1.165, 1.54) is 11.3 Å². The maximum atomic E-state index is 8.67. The summed E-state index contributed by atoms with van der Waals surface area (Å²) in [6.45, 7) is -0.0780. The second kappa shape index (κ2) is 3.49. The van der Waals surface area contributed by atoms with Crippen LogP contribution >= 0.6 is 11.3 Å². The Kier molecular flexibility index (Phi) is 2.60. The van der Waals surface area contributed by atoms with Crippen molar-refractivity contribution < 1.29 is 5.11 Å². The first-order valence-electron chi connectivity index (χ1n) is 3.13. The number of aliphatic hydroxyl groups is 1. The monoisotopic (exact) mass is 168 g/mol. The largest absolute Gasteiger partial charge is 0.394 e. The van der Waals surface area contributed by atoms with Gasteiger partial charge in [-0.2, -0.15) is 5.26 Å². The second-order valence-electron chi connectivity index (χ2n) is 2.14. The molecule has 0 saturated carbocycles. The molecule has 1 aromatic heterocycles. The molecule has 3 N–H and O–H groups in total. The highest BCUT2D eigenvalue weighted by Gasteiger charge is 2.06. The third kappa shape index (κ3) is 1.77. The normalized spacial score (nSPS) is 12.5. The van der Waals surface area contributed by atoms with E-state index in [1.807, 2.05) is 6.07 Å². The van der Waals surface area contributed by atoms with Crippen molar-refractivity contribution in [1.82, 2.24) is 0 Å². The summed E-state index contributed by atoms with van der Waals surface area (Å²) in [5.74, 6) is 0. The minimum absolute atomic E-state index is 0.0780. The molecule has 0 bridgehead atoms. The average Bonchev–Trinajstić information content (AvgIpc) is 2.50. The summed E-state index contributed by atoms with van der Waals surface area (Å²) in [6, 6.07) is 3.35. The Hall–Kier alpha value is -0.890. The molecule has 0 aliphatic carbocycles. The standard InChI is InChI=1S/C7H8N2OS/c8-2-5-1-7(11-4-5)6(9)3-10/h1,4,6,10H,3,9H2/t6-/m1/s1. The van der Waals surface area contributed by atoms with Gasteiger partial charge in [0.1, 0.15) is 6.07 Å². The van der Waals surface area contributed by atoms with Crippen molar-refractivity contribution in [2.45, 2.75) is 6.04 Å². The molecule has 1 atom stereocenters. The first-order chi connectivity index (χ1) is 5.27. The van der Waals surface area contributed by atoms with Crippen molar-refractivity contribution in [2.24, 2.45) is 5.73 Å². The Bertz CT molecular complexity index is 276. The maximum absolute atomic E-state index is 8.67. The Morgan fingerprint density at radius 3 is 3.00 bits per heavy atom. The van der Waals surface area contributed by atoms with Crippen LogP contribution in [0.25, 0.3) is 0 Å². The van der Waals surface area contributed by atoms with Crippen LogP contribution in [0.15, 0.2) is 11.4 Å². The molecule has 0 aliphatic rings. The molecule has 0 radical (unpaired) electrons.